The van der Waals surface area contributed by atoms with Crippen LogP contribution in [0.25, 0.3) is 0 Å². The molecule has 0 radical (unpaired) electrons. The highest BCUT2D eigenvalue weighted by molar-refractivity contribution is 7.89. The lowest BCUT2D eigenvalue weighted by atomic mass is 10.1. The number of nitrogens with zero attached hydrogens (tertiary/aromatic N) is 1. The van der Waals surface area contributed by atoms with Crippen LogP contribution in [0.1, 0.15) is 29.8 Å². The molecule has 0 spiro atoms. The van der Waals surface area contributed by atoms with Gasteiger partial charge in [0.15, 0.2) is 6.61 Å². The van der Waals surface area contributed by atoms with Gasteiger partial charge in [-0.05, 0) is 24.6 Å². The van der Waals surface area contributed by atoms with Crippen molar-refractivity contribution in [1.29, 1.82) is 0 Å². The van der Waals surface area contributed by atoms with Crippen molar-refractivity contribution in [1.82, 2.24) is 4.31 Å². The van der Waals surface area contributed by atoms with E-state index in [4.69, 9.17) is 5.73 Å². The highest BCUT2D eigenvalue weighted by atomic mass is 32.2. The average molecular weight is 328 g/mol. The van der Waals surface area contributed by atoms with E-state index in [-0.39, 0.29) is 10.5 Å². The summed E-state index contributed by atoms with van der Waals surface area (Å²) in [7, 11) is -3.69. The molecule has 0 aliphatic carbocycles. The molecule has 0 aromatic heterocycles. The number of nitrogens with two attached hydrogens (primary N) is 1. The molecule has 0 saturated carbocycles. The van der Waals surface area contributed by atoms with E-state index in [2.05, 4.69) is 4.74 Å². The van der Waals surface area contributed by atoms with Crippen molar-refractivity contribution in [2.75, 3.05) is 19.7 Å². The molecule has 0 unspecified atom stereocenters. The number of rotatable bonds is 7. The summed E-state index contributed by atoms with van der Waals surface area (Å²) >= 11 is 0. The predicted molar refractivity (Wildman–Crippen MR) is 80.8 cm³/mol. The molecule has 1 aromatic rings. The van der Waals surface area contributed by atoms with Gasteiger partial charge in [-0.25, -0.2) is 13.2 Å². The molecule has 0 atom stereocenters. The van der Waals surface area contributed by atoms with E-state index < -0.39 is 28.5 Å². The maximum absolute atomic E-state index is 12.6. The minimum Gasteiger partial charge on any atom is -0.452 e. The van der Waals surface area contributed by atoms with Gasteiger partial charge in [0.25, 0.3) is 5.91 Å². The summed E-state index contributed by atoms with van der Waals surface area (Å²) in [6.07, 6.45) is 0. The minimum atomic E-state index is -3.69. The number of amides is 1. The SMILES string of the molecule is CCN(CC)S(=O)(=O)c1cc(C(=O)OCC(N)=O)ccc1C. The van der Waals surface area contributed by atoms with Crippen molar-refractivity contribution in [2.45, 2.75) is 25.7 Å². The van der Waals surface area contributed by atoms with Crippen LogP contribution in [-0.4, -0.2) is 44.3 Å². The van der Waals surface area contributed by atoms with Gasteiger partial charge in [-0.2, -0.15) is 4.31 Å². The quantitative estimate of drug-likeness (QED) is 0.740. The summed E-state index contributed by atoms with van der Waals surface area (Å²) in [4.78, 5) is 22.5. The summed E-state index contributed by atoms with van der Waals surface area (Å²) < 4.78 is 31.1. The third kappa shape index (κ3) is 4.05. The first-order valence-corrected chi connectivity index (χ1v) is 8.24. The van der Waals surface area contributed by atoms with Crippen LogP contribution >= 0.6 is 0 Å². The minimum absolute atomic E-state index is 0.0460. The topological polar surface area (TPSA) is 107 Å². The number of esters is 1. The predicted octanol–water partition coefficient (Wildman–Crippen LogP) is 0.668. The molecule has 2 N–H and O–H groups in total. The summed E-state index contributed by atoms with van der Waals surface area (Å²) in [5.41, 5.74) is 5.48. The van der Waals surface area contributed by atoms with Gasteiger partial charge < -0.3 is 10.5 Å². The van der Waals surface area contributed by atoms with Gasteiger partial charge >= 0.3 is 5.97 Å². The Bertz CT molecular complexity index is 666. The van der Waals surface area contributed by atoms with E-state index in [1.54, 1.807) is 20.8 Å². The van der Waals surface area contributed by atoms with Gasteiger partial charge in [0, 0.05) is 13.1 Å². The Kier molecular flexibility index (Phi) is 6.07. The monoisotopic (exact) mass is 328 g/mol. The van der Waals surface area contributed by atoms with Crippen molar-refractivity contribution < 1.29 is 22.7 Å². The fourth-order valence-corrected chi connectivity index (χ4v) is 3.64. The molecule has 8 heteroatoms. The zero-order chi connectivity index (χ0) is 16.9. The van der Waals surface area contributed by atoms with Crippen LogP contribution < -0.4 is 5.73 Å². The van der Waals surface area contributed by atoms with E-state index in [9.17, 15) is 18.0 Å². The number of carbonyl (C=O) groups excluding carboxylic acids is 2. The van der Waals surface area contributed by atoms with Gasteiger partial charge in [0.05, 0.1) is 10.5 Å². The third-order valence-electron chi connectivity index (χ3n) is 3.09. The van der Waals surface area contributed by atoms with Crippen molar-refractivity contribution in [3.8, 4) is 0 Å². The lowest BCUT2D eigenvalue weighted by molar-refractivity contribution is -0.121. The average Bonchev–Trinajstić information content (AvgIpc) is 2.45. The van der Waals surface area contributed by atoms with Crippen molar-refractivity contribution in [2.24, 2.45) is 5.73 Å². The van der Waals surface area contributed by atoms with Crippen LogP contribution in [0, 0.1) is 6.92 Å². The molecular weight excluding hydrogens is 308 g/mol. The number of benzene rings is 1. The molecule has 122 valence electrons. The molecule has 0 saturated heterocycles. The number of hydrogen-bond acceptors (Lipinski definition) is 5. The first-order chi connectivity index (χ1) is 10.2. The van der Waals surface area contributed by atoms with Crippen LogP contribution in [-0.2, 0) is 19.6 Å². The fourth-order valence-electron chi connectivity index (χ4n) is 1.93. The van der Waals surface area contributed by atoms with Crippen molar-refractivity contribution in [3.63, 3.8) is 0 Å². The van der Waals surface area contributed by atoms with E-state index >= 15 is 0 Å². The van der Waals surface area contributed by atoms with Crippen LogP contribution in [0.3, 0.4) is 0 Å². The van der Waals surface area contributed by atoms with Gasteiger partial charge in [0.2, 0.25) is 10.0 Å². The molecule has 0 aliphatic heterocycles. The molecule has 0 fully saturated rings. The van der Waals surface area contributed by atoms with Crippen molar-refractivity contribution >= 4 is 21.9 Å². The zero-order valence-electron chi connectivity index (χ0n) is 12.8. The number of ether oxygens (including phenoxy) is 1. The fraction of sp³-hybridized carbons (Fsp3) is 0.429. The zero-order valence-corrected chi connectivity index (χ0v) is 13.6. The molecule has 0 bridgehead atoms. The summed E-state index contributed by atoms with van der Waals surface area (Å²) in [5, 5.41) is 0. The second-order valence-electron chi connectivity index (χ2n) is 4.61. The van der Waals surface area contributed by atoms with E-state index in [1.165, 1.54) is 22.5 Å². The Morgan fingerprint density at radius 2 is 1.82 bits per heavy atom. The van der Waals surface area contributed by atoms with Gasteiger partial charge in [-0.15, -0.1) is 0 Å². The normalized spacial score (nSPS) is 11.5. The molecule has 7 nitrogen and oxygen atoms in total. The maximum Gasteiger partial charge on any atom is 0.338 e. The van der Waals surface area contributed by atoms with Crippen LogP contribution in [0.2, 0.25) is 0 Å². The number of aryl methyl sites for hydroxylation is 1. The maximum atomic E-state index is 12.6. The molecule has 0 aliphatic rings. The summed E-state index contributed by atoms with van der Waals surface area (Å²) in [6, 6.07) is 4.23. The molecule has 1 amide bonds. The lowest BCUT2D eigenvalue weighted by Gasteiger charge is -2.20. The Morgan fingerprint density at radius 3 is 2.32 bits per heavy atom. The van der Waals surface area contributed by atoms with Gasteiger partial charge in [-0.1, -0.05) is 19.9 Å². The molecular formula is C14H20N2O5S. The van der Waals surface area contributed by atoms with E-state index in [0.29, 0.717) is 18.7 Å². The van der Waals surface area contributed by atoms with Gasteiger partial charge in [0.1, 0.15) is 0 Å². The van der Waals surface area contributed by atoms with Crippen LogP contribution in [0.5, 0.6) is 0 Å². The first-order valence-electron chi connectivity index (χ1n) is 6.80. The number of primary amides is 1. The largest absolute Gasteiger partial charge is 0.452 e. The number of hydrogen-bond donors (Lipinski definition) is 1. The van der Waals surface area contributed by atoms with Crippen molar-refractivity contribution in [3.05, 3.63) is 29.3 Å². The van der Waals surface area contributed by atoms with Crippen LogP contribution in [0.15, 0.2) is 23.1 Å². The lowest BCUT2D eigenvalue weighted by Crippen LogP contribution is -2.31. The summed E-state index contributed by atoms with van der Waals surface area (Å²) in [5.74, 6) is -1.58. The molecule has 1 aromatic carbocycles. The van der Waals surface area contributed by atoms with E-state index in [1.807, 2.05) is 0 Å². The highest BCUT2D eigenvalue weighted by Crippen LogP contribution is 2.21. The van der Waals surface area contributed by atoms with E-state index in [0.717, 1.165) is 0 Å². The Hall–Kier alpha value is -1.93. The third-order valence-corrected chi connectivity index (χ3v) is 5.28. The Balaban J connectivity index is 3.20. The smallest absolute Gasteiger partial charge is 0.338 e. The second-order valence-corrected chi connectivity index (χ2v) is 6.52. The highest BCUT2D eigenvalue weighted by Gasteiger charge is 2.25. The molecule has 0 heterocycles. The number of sulfonamides is 1. The van der Waals surface area contributed by atoms with Gasteiger partial charge in [-0.3, -0.25) is 4.79 Å². The Labute approximate surface area is 130 Å². The second kappa shape index (κ2) is 7.37. The Morgan fingerprint density at radius 1 is 1.23 bits per heavy atom. The first kappa shape index (κ1) is 18.1. The number of carbonyl (C=O) groups is 2. The molecule has 1 rings (SSSR count). The summed E-state index contributed by atoms with van der Waals surface area (Å²) in [6.45, 7) is 5.23. The molecule has 22 heavy (non-hydrogen) atoms. The standard InChI is InChI=1S/C14H20N2O5S/c1-4-16(5-2)22(19,20)12-8-11(7-6-10(12)3)14(18)21-9-13(15)17/h6-8H,4-5,9H2,1-3H3,(H2,15,17). The van der Waals surface area contributed by atoms with Crippen LogP contribution in [0.4, 0.5) is 0 Å².